The van der Waals surface area contributed by atoms with Crippen LogP contribution in [0.25, 0.3) is 0 Å². The van der Waals surface area contributed by atoms with Gasteiger partial charge in [0.15, 0.2) is 6.61 Å². The Labute approximate surface area is 145 Å². The van der Waals surface area contributed by atoms with Crippen LogP contribution in [0.3, 0.4) is 0 Å². The molecule has 2 aromatic rings. The molecule has 0 atom stereocenters. The normalized spacial score (nSPS) is 10.0. The highest BCUT2D eigenvalue weighted by atomic mass is 16.5. The summed E-state index contributed by atoms with van der Waals surface area (Å²) in [4.78, 5) is 34.7. The van der Waals surface area contributed by atoms with Gasteiger partial charge in [-0.2, -0.15) is 0 Å². The Balaban J connectivity index is 2.23. The number of nitrogens with two attached hydrogens (primary N) is 1. The molecular formula is C18H19N3O4. The van der Waals surface area contributed by atoms with Crippen LogP contribution < -0.4 is 21.1 Å². The zero-order valence-electron chi connectivity index (χ0n) is 14.0. The topological polar surface area (TPSA) is 111 Å². The van der Waals surface area contributed by atoms with Crippen molar-refractivity contribution in [2.24, 2.45) is 5.73 Å². The predicted molar refractivity (Wildman–Crippen MR) is 94.6 cm³/mol. The van der Waals surface area contributed by atoms with Gasteiger partial charge in [0.25, 0.3) is 11.8 Å². The van der Waals surface area contributed by atoms with Gasteiger partial charge in [-0.15, -0.1) is 0 Å². The molecule has 0 aliphatic carbocycles. The van der Waals surface area contributed by atoms with Crippen LogP contribution in [0.1, 0.15) is 22.8 Å². The van der Waals surface area contributed by atoms with Gasteiger partial charge >= 0.3 is 0 Å². The zero-order chi connectivity index (χ0) is 18.4. The molecule has 0 fully saturated rings. The van der Waals surface area contributed by atoms with Gasteiger partial charge < -0.3 is 21.1 Å². The number of carbonyl (C=O) groups is 3. The van der Waals surface area contributed by atoms with E-state index >= 15 is 0 Å². The fourth-order valence-electron chi connectivity index (χ4n) is 2.21. The summed E-state index contributed by atoms with van der Waals surface area (Å²) in [6.45, 7) is 2.88. The van der Waals surface area contributed by atoms with E-state index in [4.69, 9.17) is 10.5 Å². The molecule has 0 bridgehead atoms. The molecule has 25 heavy (non-hydrogen) atoms. The Morgan fingerprint density at radius 1 is 1.00 bits per heavy atom. The predicted octanol–water partition coefficient (Wildman–Crippen LogP) is 2.07. The minimum atomic E-state index is -0.630. The quantitative estimate of drug-likeness (QED) is 0.747. The molecule has 7 nitrogen and oxygen atoms in total. The monoisotopic (exact) mass is 341 g/mol. The van der Waals surface area contributed by atoms with Crippen molar-refractivity contribution < 1.29 is 19.1 Å². The molecule has 0 heterocycles. The number of amides is 3. The Bertz CT molecular complexity index is 818. The van der Waals surface area contributed by atoms with E-state index in [9.17, 15) is 14.4 Å². The van der Waals surface area contributed by atoms with Crippen LogP contribution in [0.15, 0.2) is 42.5 Å². The molecule has 4 N–H and O–H groups in total. The molecule has 0 spiro atoms. The summed E-state index contributed by atoms with van der Waals surface area (Å²) in [5, 5.41) is 5.49. The maximum absolute atomic E-state index is 12.6. The van der Waals surface area contributed by atoms with Crippen molar-refractivity contribution in [2.75, 3.05) is 17.2 Å². The molecule has 3 amide bonds. The number of benzene rings is 2. The van der Waals surface area contributed by atoms with Crippen molar-refractivity contribution in [2.45, 2.75) is 13.8 Å². The maximum Gasteiger partial charge on any atom is 0.259 e. The van der Waals surface area contributed by atoms with E-state index in [1.807, 2.05) is 0 Å². The summed E-state index contributed by atoms with van der Waals surface area (Å²) < 4.78 is 5.27. The summed E-state index contributed by atoms with van der Waals surface area (Å²) in [7, 11) is 0. The van der Waals surface area contributed by atoms with Crippen LogP contribution in [-0.2, 0) is 9.59 Å². The molecule has 0 aliphatic heterocycles. The summed E-state index contributed by atoms with van der Waals surface area (Å²) in [6, 6.07) is 11.7. The van der Waals surface area contributed by atoms with Gasteiger partial charge in [-0.05, 0) is 36.8 Å². The number of hydrogen-bond acceptors (Lipinski definition) is 4. The van der Waals surface area contributed by atoms with Gasteiger partial charge in [0.05, 0.1) is 5.56 Å². The first-order valence-electron chi connectivity index (χ1n) is 7.57. The summed E-state index contributed by atoms with van der Waals surface area (Å²) in [5.41, 5.74) is 7.23. The van der Waals surface area contributed by atoms with Gasteiger partial charge in [-0.3, -0.25) is 14.4 Å². The minimum absolute atomic E-state index is 0.197. The average Bonchev–Trinajstić information content (AvgIpc) is 2.56. The zero-order valence-corrected chi connectivity index (χ0v) is 14.0. The van der Waals surface area contributed by atoms with Crippen LogP contribution >= 0.6 is 0 Å². The fourth-order valence-corrected chi connectivity index (χ4v) is 2.21. The highest BCUT2D eigenvalue weighted by Crippen LogP contribution is 2.25. The molecule has 0 saturated heterocycles. The van der Waals surface area contributed by atoms with E-state index in [2.05, 4.69) is 10.6 Å². The molecule has 0 aromatic heterocycles. The third-order valence-corrected chi connectivity index (χ3v) is 3.39. The Morgan fingerprint density at radius 3 is 2.28 bits per heavy atom. The van der Waals surface area contributed by atoms with E-state index in [0.29, 0.717) is 11.4 Å². The van der Waals surface area contributed by atoms with Gasteiger partial charge in [-0.1, -0.05) is 18.2 Å². The number of hydrogen-bond donors (Lipinski definition) is 3. The number of anilines is 2. The number of ether oxygens (including phenoxy) is 1. The third kappa shape index (κ3) is 4.81. The fraction of sp³-hybridized carbons (Fsp3) is 0.167. The first-order chi connectivity index (χ1) is 11.9. The van der Waals surface area contributed by atoms with E-state index in [0.717, 1.165) is 5.56 Å². The summed E-state index contributed by atoms with van der Waals surface area (Å²) >= 11 is 0. The number of nitrogens with one attached hydrogen (secondary N) is 2. The molecule has 0 saturated carbocycles. The largest absolute Gasteiger partial charge is 0.483 e. The van der Waals surface area contributed by atoms with Crippen LogP contribution in [0.5, 0.6) is 5.75 Å². The maximum atomic E-state index is 12.6. The lowest BCUT2D eigenvalue weighted by Crippen LogP contribution is -2.21. The van der Waals surface area contributed by atoms with E-state index in [-0.39, 0.29) is 23.8 Å². The molecule has 130 valence electrons. The van der Waals surface area contributed by atoms with Crippen molar-refractivity contribution in [3.8, 4) is 5.75 Å². The van der Waals surface area contributed by atoms with E-state index < -0.39 is 11.8 Å². The van der Waals surface area contributed by atoms with Crippen LogP contribution in [0.4, 0.5) is 11.4 Å². The highest BCUT2D eigenvalue weighted by Gasteiger charge is 2.15. The summed E-state index contributed by atoms with van der Waals surface area (Å²) in [5.74, 6) is -0.969. The molecule has 0 aliphatic rings. The van der Waals surface area contributed by atoms with Crippen molar-refractivity contribution in [1.29, 1.82) is 0 Å². The lowest BCUT2D eigenvalue weighted by atomic mass is 10.1. The number of para-hydroxylation sites is 1. The van der Waals surface area contributed by atoms with Crippen LogP contribution in [-0.4, -0.2) is 24.3 Å². The molecule has 0 radical (unpaired) electrons. The van der Waals surface area contributed by atoms with Crippen molar-refractivity contribution in [3.63, 3.8) is 0 Å². The standard InChI is InChI=1S/C18H19N3O4/c1-11-14(20-12(2)22)7-5-8-15(11)21-18(24)13-6-3-4-9-16(13)25-10-17(19)23/h3-9H,10H2,1-2H3,(H2,19,23)(H,20,22)(H,21,24). The average molecular weight is 341 g/mol. The minimum Gasteiger partial charge on any atom is -0.483 e. The Hall–Kier alpha value is -3.35. The molecule has 2 aromatic carbocycles. The molecule has 7 heteroatoms. The molecule has 0 unspecified atom stereocenters. The molecule has 2 rings (SSSR count). The van der Waals surface area contributed by atoms with Crippen LogP contribution in [0, 0.1) is 6.92 Å². The van der Waals surface area contributed by atoms with Gasteiger partial charge in [0.2, 0.25) is 5.91 Å². The van der Waals surface area contributed by atoms with Gasteiger partial charge in [0, 0.05) is 18.3 Å². The number of carbonyl (C=O) groups excluding carboxylic acids is 3. The van der Waals surface area contributed by atoms with Crippen LogP contribution in [0.2, 0.25) is 0 Å². The summed E-state index contributed by atoms with van der Waals surface area (Å²) in [6.07, 6.45) is 0. The smallest absolute Gasteiger partial charge is 0.259 e. The number of rotatable bonds is 6. The van der Waals surface area contributed by atoms with Crippen molar-refractivity contribution in [3.05, 3.63) is 53.6 Å². The first-order valence-corrected chi connectivity index (χ1v) is 7.57. The second-order valence-corrected chi connectivity index (χ2v) is 5.36. The number of primary amides is 1. The Morgan fingerprint density at radius 2 is 1.64 bits per heavy atom. The second-order valence-electron chi connectivity index (χ2n) is 5.36. The lowest BCUT2D eigenvalue weighted by molar-refractivity contribution is -0.120. The molecular weight excluding hydrogens is 322 g/mol. The van der Waals surface area contributed by atoms with Gasteiger partial charge in [0.1, 0.15) is 5.75 Å². The van der Waals surface area contributed by atoms with Crippen molar-refractivity contribution in [1.82, 2.24) is 0 Å². The van der Waals surface area contributed by atoms with Crippen molar-refractivity contribution >= 4 is 29.1 Å². The van der Waals surface area contributed by atoms with Gasteiger partial charge in [-0.25, -0.2) is 0 Å². The highest BCUT2D eigenvalue weighted by molar-refractivity contribution is 6.07. The van der Waals surface area contributed by atoms with E-state index in [1.165, 1.54) is 6.92 Å². The first kappa shape index (κ1) is 18.0. The SMILES string of the molecule is CC(=O)Nc1cccc(NC(=O)c2ccccc2OCC(N)=O)c1C. The second kappa shape index (κ2) is 7.96. The van der Waals surface area contributed by atoms with E-state index in [1.54, 1.807) is 49.4 Å². The third-order valence-electron chi connectivity index (χ3n) is 3.39. The Kier molecular flexibility index (Phi) is 5.73. The lowest BCUT2D eigenvalue weighted by Gasteiger charge is -2.14.